The first kappa shape index (κ1) is 17.7. The van der Waals surface area contributed by atoms with Gasteiger partial charge >= 0.3 is 0 Å². The van der Waals surface area contributed by atoms with E-state index in [9.17, 15) is 4.39 Å². The number of halogens is 1. The molecule has 0 bridgehead atoms. The Morgan fingerprint density at radius 1 is 1.04 bits per heavy atom. The molecule has 6 heteroatoms. The van der Waals surface area contributed by atoms with E-state index in [-0.39, 0.29) is 5.82 Å². The van der Waals surface area contributed by atoms with Crippen LogP contribution in [0.15, 0.2) is 53.1 Å². The molecule has 1 aliphatic heterocycles. The van der Waals surface area contributed by atoms with E-state index in [1.54, 1.807) is 0 Å². The van der Waals surface area contributed by atoms with Gasteiger partial charge in [0, 0.05) is 11.3 Å². The van der Waals surface area contributed by atoms with Crippen molar-refractivity contribution >= 4 is 5.69 Å². The van der Waals surface area contributed by atoms with Crippen molar-refractivity contribution in [3.63, 3.8) is 0 Å². The van der Waals surface area contributed by atoms with Crippen LogP contribution in [0.25, 0.3) is 11.4 Å². The quantitative estimate of drug-likeness (QED) is 0.752. The summed E-state index contributed by atoms with van der Waals surface area (Å²) in [6.45, 7) is 6.71. The maximum absolute atomic E-state index is 13.1. The Kier molecular flexibility index (Phi) is 5.16. The highest BCUT2D eigenvalue weighted by atomic mass is 19.1. The molecule has 27 heavy (non-hydrogen) atoms. The average Bonchev–Trinajstić information content (AvgIpc) is 3.18. The summed E-state index contributed by atoms with van der Waals surface area (Å²) in [7, 11) is 0. The average molecular weight is 367 g/mol. The Labute approximate surface area is 158 Å². The normalized spacial score (nSPS) is 15.3. The molecule has 3 aromatic rings. The Balaban J connectivity index is 1.34. The SMILES string of the molecule is CCc1ccc(-c2noc(C[NH+]3CCN(c4ccc(F)cc4)CC3)n2)cc1. The number of piperazine rings is 1. The van der Waals surface area contributed by atoms with E-state index in [0.717, 1.165) is 50.4 Å². The van der Waals surface area contributed by atoms with Crippen molar-refractivity contribution in [3.8, 4) is 11.4 Å². The number of nitrogens with one attached hydrogen (secondary N) is 1. The van der Waals surface area contributed by atoms with E-state index < -0.39 is 0 Å². The zero-order valence-corrected chi connectivity index (χ0v) is 15.5. The molecular formula is C21H24FN4O+. The van der Waals surface area contributed by atoms with E-state index in [2.05, 4.69) is 34.1 Å². The Hall–Kier alpha value is -2.73. The molecule has 2 heterocycles. The number of quaternary nitrogens is 1. The fourth-order valence-electron chi connectivity index (χ4n) is 3.46. The lowest BCUT2D eigenvalue weighted by atomic mass is 10.1. The van der Waals surface area contributed by atoms with Gasteiger partial charge in [0.15, 0.2) is 6.54 Å². The molecule has 0 amide bonds. The third-order valence-corrected chi connectivity index (χ3v) is 5.15. The fourth-order valence-corrected chi connectivity index (χ4v) is 3.46. The molecule has 1 fully saturated rings. The second-order valence-electron chi connectivity index (χ2n) is 6.95. The topological polar surface area (TPSA) is 46.6 Å². The van der Waals surface area contributed by atoms with Gasteiger partial charge in [-0.15, -0.1) is 0 Å². The predicted molar refractivity (Wildman–Crippen MR) is 102 cm³/mol. The van der Waals surface area contributed by atoms with Crippen LogP contribution in [0.3, 0.4) is 0 Å². The van der Waals surface area contributed by atoms with Gasteiger partial charge in [0.25, 0.3) is 5.89 Å². The summed E-state index contributed by atoms with van der Waals surface area (Å²) in [5.41, 5.74) is 3.36. The summed E-state index contributed by atoms with van der Waals surface area (Å²) in [6.07, 6.45) is 1.02. The van der Waals surface area contributed by atoms with E-state index in [1.165, 1.54) is 22.6 Å². The molecule has 1 N–H and O–H groups in total. The first-order valence-corrected chi connectivity index (χ1v) is 9.47. The number of aromatic nitrogens is 2. The highest BCUT2D eigenvalue weighted by Gasteiger charge is 2.22. The molecule has 0 spiro atoms. The van der Waals surface area contributed by atoms with Gasteiger partial charge in [-0.1, -0.05) is 36.3 Å². The molecule has 0 atom stereocenters. The summed E-state index contributed by atoms with van der Waals surface area (Å²) in [5.74, 6) is 1.13. The minimum atomic E-state index is -0.195. The highest BCUT2D eigenvalue weighted by molar-refractivity contribution is 5.54. The summed E-state index contributed by atoms with van der Waals surface area (Å²) in [4.78, 5) is 8.27. The van der Waals surface area contributed by atoms with Crippen LogP contribution in [-0.4, -0.2) is 36.3 Å². The van der Waals surface area contributed by atoms with Crippen LogP contribution >= 0.6 is 0 Å². The minimum absolute atomic E-state index is 0.195. The van der Waals surface area contributed by atoms with Crippen molar-refractivity contribution < 1.29 is 13.8 Å². The molecule has 1 aliphatic rings. The third-order valence-electron chi connectivity index (χ3n) is 5.15. The van der Waals surface area contributed by atoms with Gasteiger partial charge in [0.2, 0.25) is 5.82 Å². The molecule has 2 aromatic carbocycles. The molecule has 1 aromatic heterocycles. The van der Waals surface area contributed by atoms with E-state index in [4.69, 9.17) is 4.52 Å². The molecule has 0 radical (unpaired) electrons. The van der Waals surface area contributed by atoms with Gasteiger partial charge in [-0.2, -0.15) is 4.98 Å². The molecule has 140 valence electrons. The standard InChI is InChI=1S/C21H23FN4O/c1-2-16-3-5-17(6-4-16)21-23-20(27-24-21)15-25-11-13-26(14-12-25)19-9-7-18(22)8-10-19/h3-10H,2,11-15H2,1H3/p+1. The van der Waals surface area contributed by atoms with Gasteiger partial charge in [-0.25, -0.2) is 4.39 Å². The largest absolute Gasteiger partial charge is 0.360 e. The minimum Gasteiger partial charge on any atom is -0.360 e. The van der Waals surface area contributed by atoms with Gasteiger partial charge < -0.3 is 14.3 Å². The molecule has 0 unspecified atom stereocenters. The Morgan fingerprint density at radius 2 is 1.74 bits per heavy atom. The maximum Gasteiger partial charge on any atom is 0.282 e. The molecule has 1 saturated heterocycles. The summed E-state index contributed by atoms with van der Waals surface area (Å²) in [5, 5.41) is 4.13. The van der Waals surface area contributed by atoms with Gasteiger partial charge in [-0.05, 0) is 36.2 Å². The van der Waals surface area contributed by atoms with Crippen LogP contribution in [0.1, 0.15) is 18.4 Å². The smallest absolute Gasteiger partial charge is 0.282 e. The number of hydrogen-bond acceptors (Lipinski definition) is 4. The third kappa shape index (κ3) is 4.17. The molecular weight excluding hydrogens is 343 g/mol. The zero-order chi connectivity index (χ0) is 18.6. The fraction of sp³-hybridized carbons (Fsp3) is 0.333. The summed E-state index contributed by atoms with van der Waals surface area (Å²) in [6, 6.07) is 15.0. The van der Waals surface area contributed by atoms with Crippen molar-refractivity contribution in [1.82, 2.24) is 10.1 Å². The van der Waals surface area contributed by atoms with Crippen LogP contribution in [0, 0.1) is 5.82 Å². The first-order valence-electron chi connectivity index (χ1n) is 9.47. The van der Waals surface area contributed by atoms with E-state index in [1.807, 2.05) is 24.3 Å². The van der Waals surface area contributed by atoms with Crippen LogP contribution in [0.2, 0.25) is 0 Å². The lowest BCUT2D eigenvalue weighted by Gasteiger charge is -2.33. The zero-order valence-electron chi connectivity index (χ0n) is 15.5. The first-order chi connectivity index (χ1) is 13.2. The van der Waals surface area contributed by atoms with Crippen LogP contribution in [-0.2, 0) is 13.0 Å². The number of rotatable bonds is 5. The molecule has 0 aliphatic carbocycles. The second kappa shape index (κ2) is 7.88. The van der Waals surface area contributed by atoms with Gasteiger partial charge in [-0.3, -0.25) is 0 Å². The number of hydrogen-bond donors (Lipinski definition) is 1. The van der Waals surface area contributed by atoms with Gasteiger partial charge in [0.05, 0.1) is 26.2 Å². The Bertz CT molecular complexity index is 868. The van der Waals surface area contributed by atoms with Crippen molar-refractivity contribution in [3.05, 3.63) is 65.8 Å². The number of benzene rings is 2. The number of aryl methyl sites for hydroxylation is 1. The Morgan fingerprint density at radius 3 is 2.41 bits per heavy atom. The van der Waals surface area contributed by atoms with Gasteiger partial charge in [0.1, 0.15) is 5.82 Å². The monoisotopic (exact) mass is 367 g/mol. The van der Waals surface area contributed by atoms with Crippen molar-refractivity contribution in [1.29, 1.82) is 0 Å². The highest BCUT2D eigenvalue weighted by Crippen LogP contribution is 2.17. The van der Waals surface area contributed by atoms with Crippen LogP contribution < -0.4 is 9.80 Å². The molecule has 0 saturated carbocycles. The van der Waals surface area contributed by atoms with E-state index >= 15 is 0 Å². The predicted octanol–water partition coefficient (Wildman–Crippen LogP) is 2.34. The van der Waals surface area contributed by atoms with Crippen molar-refractivity contribution in [2.75, 3.05) is 31.1 Å². The maximum atomic E-state index is 13.1. The van der Waals surface area contributed by atoms with Crippen LogP contribution in [0.4, 0.5) is 10.1 Å². The lowest BCUT2D eigenvalue weighted by molar-refractivity contribution is -0.915. The van der Waals surface area contributed by atoms with Crippen molar-refractivity contribution in [2.24, 2.45) is 0 Å². The molecule has 5 nitrogen and oxygen atoms in total. The van der Waals surface area contributed by atoms with Crippen LogP contribution in [0.5, 0.6) is 0 Å². The van der Waals surface area contributed by atoms with Crippen molar-refractivity contribution in [2.45, 2.75) is 19.9 Å². The second-order valence-corrected chi connectivity index (χ2v) is 6.95. The summed E-state index contributed by atoms with van der Waals surface area (Å²) < 4.78 is 18.5. The number of anilines is 1. The summed E-state index contributed by atoms with van der Waals surface area (Å²) >= 11 is 0. The number of nitrogens with zero attached hydrogens (tertiary/aromatic N) is 3. The molecule has 4 rings (SSSR count). The lowest BCUT2D eigenvalue weighted by Crippen LogP contribution is -3.13. The van der Waals surface area contributed by atoms with E-state index in [0.29, 0.717) is 11.7 Å².